The number of nitrogens with one attached hydrogen (secondary N) is 2. The first-order valence-corrected chi connectivity index (χ1v) is 7.89. The summed E-state index contributed by atoms with van der Waals surface area (Å²) in [5.74, 6) is 0.967. The maximum atomic E-state index is 5.34. The Balaban J connectivity index is 0.000000270. The van der Waals surface area contributed by atoms with Crippen LogP contribution in [0.5, 0.6) is 5.75 Å². The second-order valence-corrected chi connectivity index (χ2v) is 5.88. The van der Waals surface area contributed by atoms with Crippen molar-refractivity contribution in [2.24, 2.45) is 0 Å². The number of ether oxygens (including phenoxy) is 1. The van der Waals surface area contributed by atoms with Crippen LogP contribution >= 0.6 is 0 Å². The van der Waals surface area contributed by atoms with Crippen LogP contribution < -0.4 is 20.3 Å². The van der Waals surface area contributed by atoms with Crippen LogP contribution in [-0.4, -0.2) is 45.4 Å². The van der Waals surface area contributed by atoms with Crippen molar-refractivity contribution in [2.45, 2.75) is 39.8 Å². The van der Waals surface area contributed by atoms with E-state index in [1.165, 1.54) is 5.69 Å². The highest BCUT2D eigenvalue weighted by Gasteiger charge is 2.13. The minimum atomic E-state index is 0.625. The third-order valence-electron chi connectivity index (χ3n) is 3.21. The topological polar surface area (TPSA) is 36.5 Å². The lowest BCUT2D eigenvalue weighted by Crippen LogP contribution is -2.43. The first-order chi connectivity index (χ1) is 10.0. The fraction of sp³-hybridized carbons (Fsp3) is 0.647. The Hall–Kier alpha value is -1.26. The molecule has 1 aliphatic rings. The summed E-state index contributed by atoms with van der Waals surface area (Å²) in [6.07, 6.45) is 0. The van der Waals surface area contributed by atoms with Gasteiger partial charge in [-0.2, -0.15) is 0 Å². The molecule has 1 aromatic carbocycles. The molecular formula is C17H31N3O. The zero-order valence-electron chi connectivity index (χ0n) is 14.1. The van der Waals surface area contributed by atoms with Crippen molar-refractivity contribution in [1.29, 1.82) is 0 Å². The van der Waals surface area contributed by atoms with E-state index in [0.29, 0.717) is 12.1 Å². The van der Waals surface area contributed by atoms with Crippen molar-refractivity contribution in [3.05, 3.63) is 24.3 Å². The molecule has 21 heavy (non-hydrogen) atoms. The first-order valence-electron chi connectivity index (χ1n) is 7.89. The predicted octanol–water partition coefficient (Wildman–Crippen LogP) is 2.50. The van der Waals surface area contributed by atoms with Gasteiger partial charge in [0.1, 0.15) is 5.75 Å². The lowest BCUT2D eigenvalue weighted by molar-refractivity contribution is 0.413. The van der Waals surface area contributed by atoms with Gasteiger partial charge >= 0.3 is 0 Å². The van der Waals surface area contributed by atoms with Crippen LogP contribution in [0.3, 0.4) is 0 Å². The van der Waals surface area contributed by atoms with E-state index in [-0.39, 0.29) is 0 Å². The summed E-state index contributed by atoms with van der Waals surface area (Å²) in [5, 5.41) is 6.65. The summed E-state index contributed by atoms with van der Waals surface area (Å²) in [7, 11) is 1.72. The highest BCUT2D eigenvalue weighted by molar-refractivity contribution is 5.58. The Morgan fingerprint density at radius 1 is 1.05 bits per heavy atom. The third-order valence-corrected chi connectivity index (χ3v) is 3.21. The number of methoxy groups -OCH3 is 1. The molecule has 0 bridgehead atoms. The molecule has 2 rings (SSSR count). The summed E-state index contributed by atoms with van der Waals surface area (Å²) in [5.41, 5.74) is 1.21. The van der Waals surface area contributed by atoms with E-state index in [2.05, 4.69) is 55.4 Å². The molecule has 0 radical (unpaired) electrons. The van der Waals surface area contributed by atoms with E-state index < -0.39 is 0 Å². The smallest absolute Gasteiger partial charge is 0.142 e. The number of piperazine rings is 1. The van der Waals surface area contributed by atoms with Crippen LogP contribution in [0.25, 0.3) is 0 Å². The third kappa shape index (κ3) is 6.82. The molecule has 4 heteroatoms. The molecule has 120 valence electrons. The number of anilines is 1. The fourth-order valence-electron chi connectivity index (χ4n) is 2.46. The maximum absolute atomic E-state index is 5.34. The van der Waals surface area contributed by atoms with Crippen molar-refractivity contribution in [1.82, 2.24) is 10.6 Å². The molecule has 0 amide bonds. The Morgan fingerprint density at radius 2 is 1.62 bits per heavy atom. The molecule has 4 nitrogen and oxygen atoms in total. The highest BCUT2D eigenvalue weighted by Crippen LogP contribution is 2.27. The Kier molecular flexibility index (Phi) is 8.16. The number of hydrogen-bond acceptors (Lipinski definition) is 4. The lowest BCUT2D eigenvalue weighted by Gasteiger charge is -2.30. The van der Waals surface area contributed by atoms with Crippen LogP contribution in [0.1, 0.15) is 27.7 Å². The van der Waals surface area contributed by atoms with Crippen molar-refractivity contribution in [3.8, 4) is 5.75 Å². The molecule has 1 heterocycles. The predicted molar refractivity (Wildman–Crippen MR) is 91.5 cm³/mol. The summed E-state index contributed by atoms with van der Waals surface area (Å²) in [4.78, 5) is 2.36. The van der Waals surface area contributed by atoms with E-state index in [4.69, 9.17) is 4.74 Å². The van der Waals surface area contributed by atoms with Crippen molar-refractivity contribution >= 4 is 5.69 Å². The molecule has 1 aromatic rings. The van der Waals surface area contributed by atoms with Gasteiger partial charge in [-0.15, -0.1) is 0 Å². The van der Waals surface area contributed by atoms with Crippen LogP contribution in [-0.2, 0) is 0 Å². The summed E-state index contributed by atoms with van der Waals surface area (Å²) < 4.78 is 5.34. The zero-order valence-corrected chi connectivity index (χ0v) is 14.1. The Bertz CT molecular complexity index is 381. The normalized spacial score (nSPS) is 14.9. The van der Waals surface area contributed by atoms with Crippen LogP contribution in [0.4, 0.5) is 5.69 Å². The van der Waals surface area contributed by atoms with Gasteiger partial charge in [-0.05, 0) is 12.1 Å². The van der Waals surface area contributed by atoms with Gasteiger partial charge in [-0.1, -0.05) is 39.8 Å². The monoisotopic (exact) mass is 293 g/mol. The standard InChI is InChI=1S/C11H16N2O.C6H15N/c1-14-11-5-3-2-4-10(11)13-8-6-12-7-9-13;1-5(2)7-6(3)4/h2-5,12H,6-9H2,1H3;5-7H,1-4H3. The number of hydrogen-bond donors (Lipinski definition) is 2. The molecular weight excluding hydrogens is 262 g/mol. The van der Waals surface area contributed by atoms with E-state index in [0.717, 1.165) is 31.9 Å². The number of rotatable bonds is 4. The number of benzene rings is 1. The molecule has 1 saturated heterocycles. The SMILES string of the molecule is CC(C)NC(C)C.COc1ccccc1N1CCNCC1. The molecule has 0 spiro atoms. The molecule has 0 atom stereocenters. The van der Waals surface area contributed by atoms with Gasteiger partial charge in [0, 0.05) is 38.3 Å². The quantitative estimate of drug-likeness (QED) is 0.894. The van der Waals surface area contributed by atoms with Gasteiger partial charge in [0.05, 0.1) is 12.8 Å². The van der Waals surface area contributed by atoms with Crippen molar-refractivity contribution in [2.75, 3.05) is 38.2 Å². The Morgan fingerprint density at radius 3 is 2.10 bits per heavy atom. The van der Waals surface area contributed by atoms with Gasteiger partial charge in [-0.3, -0.25) is 0 Å². The number of para-hydroxylation sites is 2. The van der Waals surface area contributed by atoms with Gasteiger partial charge in [0.15, 0.2) is 0 Å². The summed E-state index contributed by atoms with van der Waals surface area (Å²) in [6, 6.07) is 9.44. The summed E-state index contributed by atoms with van der Waals surface area (Å²) >= 11 is 0. The molecule has 0 saturated carbocycles. The second-order valence-electron chi connectivity index (χ2n) is 5.88. The number of nitrogens with zero attached hydrogens (tertiary/aromatic N) is 1. The Labute approximate surface area is 129 Å². The average molecular weight is 293 g/mol. The molecule has 0 aromatic heterocycles. The fourth-order valence-corrected chi connectivity index (χ4v) is 2.46. The molecule has 2 N–H and O–H groups in total. The maximum Gasteiger partial charge on any atom is 0.142 e. The molecule has 0 unspecified atom stereocenters. The largest absolute Gasteiger partial charge is 0.495 e. The molecule has 0 aliphatic carbocycles. The summed E-state index contributed by atoms with van der Waals surface area (Å²) in [6.45, 7) is 12.8. The van der Waals surface area contributed by atoms with Crippen molar-refractivity contribution in [3.63, 3.8) is 0 Å². The van der Waals surface area contributed by atoms with E-state index in [1.54, 1.807) is 7.11 Å². The molecule has 1 aliphatic heterocycles. The van der Waals surface area contributed by atoms with Gasteiger partial charge in [0.25, 0.3) is 0 Å². The zero-order chi connectivity index (χ0) is 15.7. The van der Waals surface area contributed by atoms with Gasteiger partial charge < -0.3 is 20.3 Å². The van der Waals surface area contributed by atoms with Crippen LogP contribution in [0, 0.1) is 0 Å². The van der Waals surface area contributed by atoms with Crippen molar-refractivity contribution < 1.29 is 4.74 Å². The highest BCUT2D eigenvalue weighted by atomic mass is 16.5. The van der Waals surface area contributed by atoms with E-state index in [1.807, 2.05) is 12.1 Å². The van der Waals surface area contributed by atoms with E-state index in [9.17, 15) is 0 Å². The second kappa shape index (κ2) is 9.64. The lowest BCUT2D eigenvalue weighted by atomic mass is 10.2. The van der Waals surface area contributed by atoms with Crippen LogP contribution in [0.15, 0.2) is 24.3 Å². The van der Waals surface area contributed by atoms with Gasteiger partial charge in [-0.25, -0.2) is 0 Å². The minimum Gasteiger partial charge on any atom is -0.495 e. The first kappa shape index (κ1) is 17.8. The van der Waals surface area contributed by atoms with Crippen LogP contribution in [0.2, 0.25) is 0 Å². The van der Waals surface area contributed by atoms with E-state index >= 15 is 0 Å². The average Bonchev–Trinajstić information content (AvgIpc) is 2.47. The van der Waals surface area contributed by atoms with Gasteiger partial charge in [0.2, 0.25) is 0 Å². The minimum absolute atomic E-state index is 0.625. The molecule has 1 fully saturated rings.